The van der Waals surface area contributed by atoms with Gasteiger partial charge in [0.2, 0.25) is 0 Å². The monoisotopic (exact) mass is 1470 g/mol. The summed E-state index contributed by atoms with van der Waals surface area (Å²) < 4.78 is 68.9. The molecule has 26 heteroatoms. The first-order chi connectivity index (χ1) is 53.4. The Balaban J connectivity index is 0.000000120. The van der Waals surface area contributed by atoms with Crippen molar-refractivity contribution in [2.45, 2.75) is 103 Å². The summed E-state index contributed by atoms with van der Waals surface area (Å²) in [5.74, 6) is 1.86. The molecule has 3 amide bonds. The fourth-order valence-electron chi connectivity index (χ4n) is 16.1. The number of pyridine rings is 6. The fourth-order valence-corrected chi connectivity index (χ4v) is 16.1. The molecule has 6 N–H and O–H groups in total. The van der Waals surface area contributed by atoms with Crippen molar-refractivity contribution in [3.63, 3.8) is 0 Å². The Bertz CT molecular complexity index is 5290. The zero-order valence-electron chi connectivity index (χ0n) is 60.4. The normalized spacial score (nSPS) is 17.9. The summed E-state index contributed by atoms with van der Waals surface area (Å²) in [5, 5.41) is 19.1. The van der Waals surface area contributed by atoms with Crippen LogP contribution >= 0.6 is 0 Å². The fraction of sp³-hybridized carbons (Fsp3) is 0.313. The van der Waals surface area contributed by atoms with Crippen LogP contribution in [0.2, 0.25) is 0 Å². The molecule has 109 heavy (non-hydrogen) atoms. The number of halogens is 3. The van der Waals surface area contributed by atoms with Gasteiger partial charge in [-0.15, -0.1) is 0 Å². The Morgan fingerprint density at radius 2 is 0.780 bits per heavy atom. The zero-order chi connectivity index (χ0) is 74.2. The second-order valence-electron chi connectivity index (χ2n) is 28.4. The molecule has 7 aliphatic heterocycles. The quantitative estimate of drug-likeness (QED) is 0.0467. The minimum Gasteiger partial charge on any atom is -0.381 e. The van der Waals surface area contributed by atoms with Gasteiger partial charge in [-0.1, -0.05) is 63.1 Å². The number of carbonyl (C=O) groups excluding carboxylic acids is 3. The molecule has 0 saturated carbocycles. The van der Waals surface area contributed by atoms with Gasteiger partial charge in [-0.3, -0.25) is 32.5 Å². The Kier molecular flexibility index (Phi) is 19.9. The maximum atomic E-state index is 13.7. The summed E-state index contributed by atoms with van der Waals surface area (Å²) in [7, 11) is 0. The first kappa shape index (κ1) is 70.6. The number of aryl methyl sites for hydroxylation is 2. The van der Waals surface area contributed by atoms with Gasteiger partial charge in [-0.05, 0) is 120 Å². The van der Waals surface area contributed by atoms with Crippen molar-refractivity contribution in [1.82, 2.24) is 64.0 Å². The van der Waals surface area contributed by atoms with E-state index in [4.69, 9.17) is 33.9 Å². The van der Waals surface area contributed by atoms with E-state index < -0.39 is 0 Å². The Labute approximate surface area is 626 Å². The molecule has 3 atom stereocenters. The third-order valence-corrected chi connectivity index (χ3v) is 21.5. The maximum Gasteiger partial charge on any atom is 0.254 e. The minimum absolute atomic E-state index is 0.127. The van der Waals surface area contributed by atoms with Crippen LogP contribution in [0.15, 0.2) is 146 Å². The number of anilines is 6. The predicted octanol–water partition coefficient (Wildman–Crippen LogP) is 13.8. The zero-order valence-corrected chi connectivity index (χ0v) is 60.4. The van der Waals surface area contributed by atoms with Crippen LogP contribution in [0.25, 0.3) is 50.7 Å². The van der Waals surface area contributed by atoms with Crippen LogP contribution in [0.3, 0.4) is 0 Å². The number of nitrogens with zero attached hydrogens (tertiary/aromatic N) is 10. The van der Waals surface area contributed by atoms with E-state index in [0.29, 0.717) is 93.9 Å². The third-order valence-electron chi connectivity index (χ3n) is 21.5. The second kappa shape index (κ2) is 30.7. The van der Waals surface area contributed by atoms with Crippen LogP contribution in [-0.2, 0) is 58.0 Å². The third kappa shape index (κ3) is 14.2. The van der Waals surface area contributed by atoms with Crippen molar-refractivity contribution >= 4 is 69.2 Å². The van der Waals surface area contributed by atoms with Crippen LogP contribution in [0.4, 0.5) is 47.7 Å². The van der Waals surface area contributed by atoms with E-state index in [1.807, 2.05) is 67.8 Å². The molecule has 0 bridgehead atoms. The minimum atomic E-state index is -0.340. The van der Waals surface area contributed by atoms with Crippen molar-refractivity contribution in [3.05, 3.63) is 231 Å². The standard InChI is InChI=1S/C29H29FN6O3.2C27H26FN5O2/c30-19-5-7-36-25(15-31-27(36)13-19)21-1-3-23(28-22(21)14-32-29(28)37)33-26-4-2-20(18-6-10-39-17-18)24(34-26)16-35-8-11-38-12-9-35;2*1-2-3-21-18(16-9-11-35-15-16)5-7-24(31-21)32-22-6-4-19(20-13-30-27(34)26(20)22)23-14-29-25-12-17(28)8-10-33(23)25/h1-5,7,13,15,18H,6,8-12,14,16-17H2,(H,32,37)(H,33,34);2*4-8,10,12,14,16H,2-3,9,11,13,15H2,1H3,(H,30,34)(H,31,32)/t18-;2*16-/m110/s1. The summed E-state index contributed by atoms with van der Waals surface area (Å²) in [4.78, 5) is 69.0. The molecule has 9 aromatic heterocycles. The van der Waals surface area contributed by atoms with E-state index in [0.717, 1.165) is 197 Å². The Hall–Kier alpha value is -11.4. The summed E-state index contributed by atoms with van der Waals surface area (Å²) in [6, 6.07) is 32.4. The molecule has 19 rings (SSSR count). The van der Waals surface area contributed by atoms with Crippen molar-refractivity contribution < 1.29 is 46.5 Å². The van der Waals surface area contributed by atoms with Crippen molar-refractivity contribution in [2.75, 3.05) is 81.9 Å². The highest BCUT2D eigenvalue weighted by Crippen LogP contribution is 2.41. The van der Waals surface area contributed by atoms with E-state index in [2.05, 4.69) is 83.8 Å². The molecule has 4 fully saturated rings. The van der Waals surface area contributed by atoms with E-state index in [9.17, 15) is 27.6 Å². The molecule has 0 radical (unpaired) electrons. The van der Waals surface area contributed by atoms with Gasteiger partial charge >= 0.3 is 0 Å². The molecular weight excluding hydrogens is 1390 g/mol. The highest BCUT2D eigenvalue weighted by Gasteiger charge is 2.33. The van der Waals surface area contributed by atoms with Crippen LogP contribution in [0, 0.1) is 17.5 Å². The number of aromatic nitrogens is 9. The van der Waals surface area contributed by atoms with Crippen LogP contribution in [0.5, 0.6) is 0 Å². The highest BCUT2D eigenvalue weighted by atomic mass is 19.1. The molecule has 7 aliphatic rings. The molecule has 16 heterocycles. The lowest BCUT2D eigenvalue weighted by Gasteiger charge is -2.27. The topological polar surface area (TPSA) is 254 Å². The van der Waals surface area contributed by atoms with E-state index >= 15 is 0 Å². The maximum absolute atomic E-state index is 13.7. The van der Waals surface area contributed by atoms with Gasteiger partial charge in [0, 0.05) is 142 Å². The van der Waals surface area contributed by atoms with Crippen molar-refractivity contribution in [3.8, 4) is 33.8 Å². The number of imidazole rings is 3. The van der Waals surface area contributed by atoms with Gasteiger partial charge in [0.1, 0.15) is 51.8 Å². The summed E-state index contributed by atoms with van der Waals surface area (Å²) in [5.41, 5.74) is 20.2. The predicted molar refractivity (Wildman–Crippen MR) is 406 cm³/mol. The first-order valence-corrected chi connectivity index (χ1v) is 37.4. The summed E-state index contributed by atoms with van der Waals surface area (Å²) >= 11 is 0. The molecular formula is C83H81F3N16O7. The number of ether oxygens (including phenoxy) is 4. The molecule has 4 saturated heterocycles. The van der Waals surface area contributed by atoms with Crippen LogP contribution in [-0.4, -0.2) is 132 Å². The highest BCUT2D eigenvalue weighted by molar-refractivity contribution is 6.08. The summed E-state index contributed by atoms with van der Waals surface area (Å²) in [6.45, 7) is 14.1. The van der Waals surface area contributed by atoms with E-state index in [-0.39, 0.29) is 35.2 Å². The lowest BCUT2D eigenvalue weighted by molar-refractivity contribution is 0.0335. The number of nitrogens with one attached hydrogen (secondary N) is 6. The molecule has 12 aromatic rings. The molecule has 0 unspecified atom stereocenters. The molecule has 23 nitrogen and oxygen atoms in total. The van der Waals surface area contributed by atoms with Gasteiger partial charge in [-0.2, -0.15) is 0 Å². The van der Waals surface area contributed by atoms with Crippen molar-refractivity contribution in [2.24, 2.45) is 0 Å². The Morgan fingerprint density at radius 3 is 1.12 bits per heavy atom. The number of rotatable bonds is 18. The van der Waals surface area contributed by atoms with Crippen LogP contribution in [0.1, 0.15) is 145 Å². The molecule has 556 valence electrons. The number of morpholine rings is 1. The van der Waals surface area contributed by atoms with E-state index in [1.165, 1.54) is 53.1 Å². The van der Waals surface area contributed by atoms with Gasteiger partial charge in [0.25, 0.3) is 17.7 Å². The lowest BCUT2D eigenvalue weighted by atomic mass is 9.95. The number of fused-ring (bicyclic) bond motifs is 6. The average Bonchev–Trinajstić information content (AvgIpc) is 1.64. The number of hydrogen-bond donors (Lipinski definition) is 6. The van der Waals surface area contributed by atoms with Crippen molar-refractivity contribution in [1.29, 1.82) is 0 Å². The number of amides is 3. The number of benzene rings is 3. The molecule has 0 spiro atoms. The largest absolute Gasteiger partial charge is 0.381 e. The Morgan fingerprint density at radius 1 is 0.431 bits per heavy atom. The summed E-state index contributed by atoms with van der Waals surface area (Å²) in [6.07, 6.45) is 17.0. The SMILES string of the molecule is CCCc1nc(Nc2ccc(-c3cnc4cc(F)ccn34)c3c2C(=O)NC3)ccc1[C@@H]1CCOC1.CCCc1nc(Nc2ccc(-c3cnc4cc(F)ccn34)c3c2C(=O)NC3)ccc1[C@H]1CCOC1.O=C1NCc2c(-c3cnc4cc(F)ccn34)ccc(Nc3ccc([C@@H]4CCOC4)c(CN4CCOCC4)n3)c21. The molecule has 0 aliphatic carbocycles. The second-order valence-corrected chi connectivity index (χ2v) is 28.4. The average molecular weight is 1470 g/mol. The smallest absolute Gasteiger partial charge is 0.254 e. The first-order valence-electron chi connectivity index (χ1n) is 37.4. The van der Waals surface area contributed by atoms with E-state index in [1.54, 1.807) is 37.2 Å². The van der Waals surface area contributed by atoms with Gasteiger partial charge in [0.15, 0.2) is 0 Å². The number of carbonyl (C=O) groups is 3. The van der Waals surface area contributed by atoms with Gasteiger partial charge in [-0.25, -0.2) is 43.1 Å². The lowest BCUT2D eigenvalue weighted by Crippen LogP contribution is -2.36. The van der Waals surface area contributed by atoms with Crippen LogP contribution < -0.4 is 31.9 Å². The van der Waals surface area contributed by atoms with Gasteiger partial charge < -0.3 is 50.8 Å². The van der Waals surface area contributed by atoms with Gasteiger partial charge in [0.05, 0.1) is 108 Å². The molecule has 3 aromatic carbocycles. The number of hydrogen-bond acceptors (Lipinski definition) is 17.